The van der Waals surface area contributed by atoms with Crippen LogP contribution >= 0.6 is 11.3 Å². The standard InChI is InChI=1S/C16H17N3O2S/c1-10-4-5-14(21-3)13(8-10)18-11(2)15(20)19-16-12(9-17)6-7-22-16/h4-8,11,18H,1-3H3,(H,19,20). The molecule has 114 valence electrons. The summed E-state index contributed by atoms with van der Waals surface area (Å²) < 4.78 is 5.29. The molecule has 0 fully saturated rings. The van der Waals surface area contributed by atoms with Gasteiger partial charge >= 0.3 is 0 Å². The van der Waals surface area contributed by atoms with Gasteiger partial charge < -0.3 is 15.4 Å². The van der Waals surface area contributed by atoms with Crippen molar-refractivity contribution >= 4 is 27.9 Å². The molecule has 0 spiro atoms. The van der Waals surface area contributed by atoms with Gasteiger partial charge in [0.2, 0.25) is 5.91 Å². The number of carbonyl (C=O) groups excluding carboxylic acids is 1. The van der Waals surface area contributed by atoms with E-state index < -0.39 is 6.04 Å². The predicted molar refractivity (Wildman–Crippen MR) is 88.5 cm³/mol. The summed E-state index contributed by atoms with van der Waals surface area (Å²) in [5, 5.41) is 17.2. The lowest BCUT2D eigenvalue weighted by Gasteiger charge is -2.17. The number of nitrogens with one attached hydrogen (secondary N) is 2. The molecule has 0 aliphatic rings. The van der Waals surface area contributed by atoms with Gasteiger partial charge in [-0.25, -0.2) is 0 Å². The lowest BCUT2D eigenvalue weighted by Crippen LogP contribution is -2.32. The Kier molecular flexibility index (Phi) is 5.02. The first-order valence-electron chi connectivity index (χ1n) is 6.74. The predicted octanol–water partition coefficient (Wildman–Crippen LogP) is 3.38. The Labute approximate surface area is 133 Å². The van der Waals surface area contributed by atoms with E-state index in [0.717, 1.165) is 11.3 Å². The Morgan fingerprint density at radius 2 is 2.18 bits per heavy atom. The maximum absolute atomic E-state index is 12.3. The van der Waals surface area contributed by atoms with Crippen LogP contribution in [0.2, 0.25) is 0 Å². The second-order valence-electron chi connectivity index (χ2n) is 4.83. The zero-order chi connectivity index (χ0) is 16.1. The number of carbonyl (C=O) groups is 1. The molecule has 0 aliphatic carbocycles. The number of hydrogen-bond donors (Lipinski definition) is 2. The highest BCUT2D eigenvalue weighted by molar-refractivity contribution is 7.14. The largest absolute Gasteiger partial charge is 0.495 e. The molecule has 1 unspecified atom stereocenters. The molecule has 0 radical (unpaired) electrons. The number of aryl methyl sites for hydroxylation is 1. The zero-order valence-corrected chi connectivity index (χ0v) is 13.5. The van der Waals surface area contributed by atoms with Crippen molar-refractivity contribution in [2.45, 2.75) is 19.9 Å². The molecule has 5 nitrogen and oxygen atoms in total. The highest BCUT2D eigenvalue weighted by Crippen LogP contribution is 2.26. The summed E-state index contributed by atoms with van der Waals surface area (Å²) in [6, 6.07) is 8.99. The van der Waals surface area contributed by atoms with Gasteiger partial charge in [0.1, 0.15) is 22.9 Å². The van der Waals surface area contributed by atoms with E-state index in [9.17, 15) is 4.79 Å². The van der Waals surface area contributed by atoms with Gasteiger partial charge in [-0.1, -0.05) is 6.07 Å². The third-order valence-electron chi connectivity index (χ3n) is 3.14. The smallest absolute Gasteiger partial charge is 0.247 e. The van der Waals surface area contributed by atoms with Crippen LogP contribution in [0.25, 0.3) is 0 Å². The minimum atomic E-state index is -0.468. The van der Waals surface area contributed by atoms with E-state index in [-0.39, 0.29) is 5.91 Å². The summed E-state index contributed by atoms with van der Waals surface area (Å²) in [4.78, 5) is 12.3. The Morgan fingerprint density at radius 3 is 2.86 bits per heavy atom. The lowest BCUT2D eigenvalue weighted by atomic mass is 10.2. The van der Waals surface area contributed by atoms with Crippen LogP contribution in [0.5, 0.6) is 5.75 Å². The Balaban J connectivity index is 2.09. The van der Waals surface area contributed by atoms with E-state index in [4.69, 9.17) is 10.00 Å². The summed E-state index contributed by atoms with van der Waals surface area (Å²) in [7, 11) is 1.59. The van der Waals surface area contributed by atoms with Crippen molar-refractivity contribution in [3.8, 4) is 11.8 Å². The Hall–Kier alpha value is -2.52. The fourth-order valence-corrected chi connectivity index (χ4v) is 2.69. The van der Waals surface area contributed by atoms with Gasteiger partial charge in [0.25, 0.3) is 0 Å². The molecule has 0 bridgehead atoms. The monoisotopic (exact) mass is 315 g/mol. The minimum Gasteiger partial charge on any atom is -0.495 e. The average molecular weight is 315 g/mol. The second-order valence-corrected chi connectivity index (χ2v) is 5.75. The number of thiophene rings is 1. The van der Waals surface area contributed by atoms with Crippen LogP contribution in [0, 0.1) is 18.3 Å². The number of nitrogens with zero attached hydrogens (tertiary/aromatic N) is 1. The highest BCUT2D eigenvalue weighted by atomic mass is 32.1. The zero-order valence-electron chi connectivity index (χ0n) is 12.6. The number of rotatable bonds is 5. The van der Waals surface area contributed by atoms with Crippen molar-refractivity contribution < 1.29 is 9.53 Å². The van der Waals surface area contributed by atoms with Crippen LogP contribution in [0.15, 0.2) is 29.6 Å². The van der Waals surface area contributed by atoms with E-state index in [2.05, 4.69) is 16.7 Å². The quantitative estimate of drug-likeness (QED) is 0.887. The molecular weight excluding hydrogens is 298 g/mol. The summed E-state index contributed by atoms with van der Waals surface area (Å²) in [6.45, 7) is 3.73. The van der Waals surface area contributed by atoms with Crippen LogP contribution in [0.4, 0.5) is 10.7 Å². The van der Waals surface area contributed by atoms with E-state index in [1.54, 1.807) is 25.5 Å². The number of benzene rings is 1. The number of nitriles is 1. The molecule has 22 heavy (non-hydrogen) atoms. The first-order valence-corrected chi connectivity index (χ1v) is 7.62. The van der Waals surface area contributed by atoms with Gasteiger partial charge in [-0.15, -0.1) is 11.3 Å². The molecule has 6 heteroatoms. The minimum absolute atomic E-state index is 0.206. The third-order valence-corrected chi connectivity index (χ3v) is 3.97. The normalized spacial score (nSPS) is 11.4. The molecule has 1 amide bonds. The van der Waals surface area contributed by atoms with E-state index in [1.807, 2.05) is 25.1 Å². The first kappa shape index (κ1) is 15.9. The summed E-state index contributed by atoms with van der Waals surface area (Å²) >= 11 is 1.33. The van der Waals surface area contributed by atoms with Gasteiger partial charge in [0.15, 0.2) is 0 Å². The average Bonchev–Trinajstić information content (AvgIpc) is 2.94. The fourth-order valence-electron chi connectivity index (χ4n) is 1.95. The van der Waals surface area contributed by atoms with Crippen LogP contribution in [0.1, 0.15) is 18.1 Å². The van der Waals surface area contributed by atoms with Crippen LogP contribution in [0.3, 0.4) is 0 Å². The Bertz CT molecular complexity index is 718. The van der Waals surface area contributed by atoms with Crippen LogP contribution in [-0.4, -0.2) is 19.1 Å². The number of ether oxygens (including phenoxy) is 1. The third kappa shape index (κ3) is 3.57. The highest BCUT2D eigenvalue weighted by Gasteiger charge is 2.17. The molecule has 0 saturated carbocycles. The number of hydrogen-bond acceptors (Lipinski definition) is 5. The van der Waals surface area contributed by atoms with Crippen molar-refractivity contribution in [2.24, 2.45) is 0 Å². The molecule has 1 heterocycles. The molecule has 1 atom stereocenters. The van der Waals surface area contributed by atoms with Crippen molar-refractivity contribution in [1.82, 2.24) is 0 Å². The number of anilines is 2. The summed E-state index contributed by atoms with van der Waals surface area (Å²) in [5.41, 5.74) is 2.30. The van der Waals surface area contributed by atoms with Crippen LogP contribution in [-0.2, 0) is 4.79 Å². The molecule has 0 saturated heterocycles. The summed E-state index contributed by atoms with van der Waals surface area (Å²) in [6.07, 6.45) is 0. The van der Waals surface area contributed by atoms with Crippen molar-refractivity contribution in [1.29, 1.82) is 5.26 Å². The molecule has 2 rings (SSSR count). The topological polar surface area (TPSA) is 74.2 Å². The molecular formula is C16H17N3O2S. The summed E-state index contributed by atoms with van der Waals surface area (Å²) in [5.74, 6) is 0.474. The Morgan fingerprint density at radius 1 is 1.41 bits per heavy atom. The lowest BCUT2D eigenvalue weighted by molar-refractivity contribution is -0.116. The number of methoxy groups -OCH3 is 1. The van der Waals surface area contributed by atoms with Crippen molar-refractivity contribution in [3.63, 3.8) is 0 Å². The molecule has 0 aliphatic heterocycles. The molecule has 1 aromatic heterocycles. The van der Waals surface area contributed by atoms with E-state index in [0.29, 0.717) is 16.3 Å². The van der Waals surface area contributed by atoms with E-state index >= 15 is 0 Å². The van der Waals surface area contributed by atoms with Gasteiger partial charge in [0, 0.05) is 0 Å². The first-order chi connectivity index (χ1) is 10.5. The van der Waals surface area contributed by atoms with Gasteiger partial charge in [-0.05, 0) is 43.0 Å². The maximum Gasteiger partial charge on any atom is 0.247 e. The number of amides is 1. The fraction of sp³-hybridized carbons (Fsp3) is 0.250. The van der Waals surface area contributed by atoms with Crippen molar-refractivity contribution in [3.05, 3.63) is 40.8 Å². The van der Waals surface area contributed by atoms with E-state index in [1.165, 1.54) is 11.3 Å². The van der Waals surface area contributed by atoms with Gasteiger partial charge in [-0.2, -0.15) is 5.26 Å². The molecule has 2 N–H and O–H groups in total. The SMILES string of the molecule is COc1ccc(C)cc1NC(C)C(=O)Nc1sccc1C#N. The maximum atomic E-state index is 12.3. The van der Waals surface area contributed by atoms with Gasteiger partial charge in [-0.3, -0.25) is 4.79 Å². The van der Waals surface area contributed by atoms with Gasteiger partial charge in [0.05, 0.1) is 18.4 Å². The molecule has 1 aromatic carbocycles. The van der Waals surface area contributed by atoms with Crippen molar-refractivity contribution in [2.75, 3.05) is 17.7 Å². The molecule has 2 aromatic rings. The van der Waals surface area contributed by atoms with Crippen LogP contribution < -0.4 is 15.4 Å². The second kappa shape index (κ2) is 6.96.